The highest BCUT2D eigenvalue weighted by molar-refractivity contribution is 7.98. The van der Waals surface area contributed by atoms with Crippen molar-refractivity contribution >= 4 is 17.4 Å². The number of anilines is 1. The first-order valence-corrected chi connectivity index (χ1v) is 6.94. The number of hydrogen-bond acceptors (Lipinski definition) is 5. The molecule has 0 radical (unpaired) electrons. The third-order valence-electron chi connectivity index (χ3n) is 2.75. The first kappa shape index (κ1) is 13.5. The summed E-state index contributed by atoms with van der Waals surface area (Å²) in [5, 5.41) is 0. The van der Waals surface area contributed by atoms with Crippen LogP contribution in [-0.4, -0.2) is 25.5 Å². The first-order chi connectivity index (χ1) is 9.19. The number of benzene rings is 1. The molecule has 0 unspecified atom stereocenters. The second-order valence-corrected chi connectivity index (χ2v) is 4.71. The van der Waals surface area contributed by atoms with Gasteiger partial charge in [-0.25, -0.2) is 0 Å². The van der Waals surface area contributed by atoms with Crippen LogP contribution in [0.3, 0.4) is 0 Å². The highest BCUT2D eigenvalue weighted by atomic mass is 32.2. The van der Waals surface area contributed by atoms with E-state index < -0.39 is 0 Å². The van der Waals surface area contributed by atoms with E-state index in [1.807, 2.05) is 30.5 Å². The fourth-order valence-corrected chi connectivity index (χ4v) is 2.49. The zero-order valence-corrected chi connectivity index (χ0v) is 12.0. The Morgan fingerprint density at radius 3 is 2.16 bits per heavy atom. The van der Waals surface area contributed by atoms with Gasteiger partial charge in [-0.3, -0.25) is 4.98 Å². The highest BCUT2D eigenvalue weighted by Crippen LogP contribution is 2.40. The lowest BCUT2D eigenvalue weighted by atomic mass is 10.1. The molecule has 0 aliphatic carbocycles. The molecule has 2 rings (SSSR count). The summed E-state index contributed by atoms with van der Waals surface area (Å²) >= 11 is 1.59. The average Bonchev–Trinajstić information content (AvgIpc) is 2.46. The fourth-order valence-electron chi connectivity index (χ4n) is 1.81. The Kier molecular flexibility index (Phi) is 4.16. The van der Waals surface area contributed by atoms with Crippen molar-refractivity contribution in [3.63, 3.8) is 0 Å². The predicted octanol–water partition coefficient (Wildman–Crippen LogP) is 3.07. The van der Waals surface area contributed by atoms with Crippen LogP contribution >= 0.6 is 11.8 Å². The lowest BCUT2D eigenvalue weighted by Gasteiger charge is -2.13. The van der Waals surface area contributed by atoms with Crippen molar-refractivity contribution in [2.24, 2.45) is 0 Å². The molecule has 1 aromatic heterocycles. The standard InChI is InChI=1S/C14H16N2O2S/c1-17-12-6-9(7-13(18-2)14(12)19-3)11-5-4-10(15)8-16-11/h4-8H,15H2,1-3H3. The number of methoxy groups -OCH3 is 2. The molecular weight excluding hydrogens is 260 g/mol. The molecule has 1 aromatic carbocycles. The normalized spacial score (nSPS) is 10.3. The Bertz CT molecular complexity index is 545. The van der Waals surface area contributed by atoms with E-state index in [-0.39, 0.29) is 0 Å². The molecule has 0 fully saturated rings. The monoisotopic (exact) mass is 276 g/mol. The summed E-state index contributed by atoms with van der Waals surface area (Å²) in [6.45, 7) is 0. The summed E-state index contributed by atoms with van der Waals surface area (Å²) < 4.78 is 10.8. The second kappa shape index (κ2) is 5.84. The Hall–Kier alpha value is -1.88. The lowest BCUT2D eigenvalue weighted by molar-refractivity contribution is 0.377. The molecular formula is C14H16N2O2S. The van der Waals surface area contributed by atoms with E-state index in [1.54, 1.807) is 32.2 Å². The summed E-state index contributed by atoms with van der Waals surface area (Å²) in [4.78, 5) is 5.29. The maximum Gasteiger partial charge on any atom is 0.136 e. The Labute approximate surface area is 116 Å². The molecule has 1 heterocycles. The highest BCUT2D eigenvalue weighted by Gasteiger charge is 2.13. The number of rotatable bonds is 4. The number of aromatic nitrogens is 1. The summed E-state index contributed by atoms with van der Waals surface area (Å²) in [5.74, 6) is 1.56. The van der Waals surface area contributed by atoms with E-state index in [0.29, 0.717) is 5.69 Å². The molecule has 0 atom stereocenters. The Morgan fingerprint density at radius 2 is 1.74 bits per heavy atom. The van der Waals surface area contributed by atoms with E-state index in [0.717, 1.165) is 27.7 Å². The van der Waals surface area contributed by atoms with E-state index in [1.165, 1.54) is 0 Å². The maximum atomic E-state index is 5.65. The van der Waals surface area contributed by atoms with Crippen molar-refractivity contribution in [3.05, 3.63) is 30.5 Å². The topological polar surface area (TPSA) is 57.4 Å². The third kappa shape index (κ3) is 2.76. The molecule has 100 valence electrons. The Morgan fingerprint density at radius 1 is 1.11 bits per heavy atom. The van der Waals surface area contributed by atoms with Crippen LogP contribution in [0.2, 0.25) is 0 Å². The summed E-state index contributed by atoms with van der Waals surface area (Å²) in [5.41, 5.74) is 8.06. The molecule has 0 amide bonds. The van der Waals surface area contributed by atoms with Crippen LogP contribution in [0, 0.1) is 0 Å². The van der Waals surface area contributed by atoms with Crippen molar-refractivity contribution in [3.8, 4) is 22.8 Å². The van der Waals surface area contributed by atoms with Gasteiger partial charge in [0.25, 0.3) is 0 Å². The first-order valence-electron chi connectivity index (χ1n) is 5.71. The maximum absolute atomic E-state index is 5.65. The molecule has 0 aliphatic rings. The van der Waals surface area contributed by atoms with Gasteiger partial charge >= 0.3 is 0 Å². The van der Waals surface area contributed by atoms with Gasteiger partial charge < -0.3 is 15.2 Å². The average molecular weight is 276 g/mol. The molecule has 2 aromatic rings. The van der Waals surface area contributed by atoms with Crippen LogP contribution in [0.4, 0.5) is 5.69 Å². The van der Waals surface area contributed by atoms with Gasteiger partial charge in [-0.15, -0.1) is 11.8 Å². The second-order valence-electron chi connectivity index (χ2n) is 3.89. The minimum Gasteiger partial charge on any atom is -0.495 e. The van der Waals surface area contributed by atoms with Crippen molar-refractivity contribution in [2.75, 3.05) is 26.2 Å². The summed E-state index contributed by atoms with van der Waals surface area (Å²) in [6, 6.07) is 7.60. The quantitative estimate of drug-likeness (QED) is 0.870. The van der Waals surface area contributed by atoms with Gasteiger partial charge in [-0.05, 0) is 30.5 Å². The van der Waals surface area contributed by atoms with E-state index in [9.17, 15) is 0 Å². The molecule has 19 heavy (non-hydrogen) atoms. The van der Waals surface area contributed by atoms with Gasteiger partial charge in [-0.2, -0.15) is 0 Å². The van der Waals surface area contributed by atoms with Gasteiger partial charge in [0, 0.05) is 5.56 Å². The Balaban J connectivity index is 2.55. The number of ether oxygens (including phenoxy) is 2. The predicted molar refractivity (Wildman–Crippen MR) is 79.0 cm³/mol. The number of pyridine rings is 1. The molecule has 2 N–H and O–H groups in total. The summed E-state index contributed by atoms with van der Waals surface area (Å²) in [7, 11) is 3.30. The van der Waals surface area contributed by atoms with Gasteiger partial charge in [0.1, 0.15) is 11.5 Å². The third-order valence-corrected chi connectivity index (χ3v) is 3.56. The van der Waals surface area contributed by atoms with Crippen molar-refractivity contribution in [1.29, 1.82) is 0 Å². The smallest absolute Gasteiger partial charge is 0.136 e. The van der Waals surface area contributed by atoms with Crippen molar-refractivity contribution < 1.29 is 9.47 Å². The van der Waals surface area contributed by atoms with Crippen LogP contribution in [-0.2, 0) is 0 Å². The molecule has 0 aliphatic heterocycles. The van der Waals surface area contributed by atoms with Gasteiger partial charge in [0.15, 0.2) is 0 Å². The lowest BCUT2D eigenvalue weighted by Crippen LogP contribution is -1.94. The van der Waals surface area contributed by atoms with Gasteiger partial charge in [0.2, 0.25) is 0 Å². The van der Waals surface area contributed by atoms with Crippen LogP contribution in [0.5, 0.6) is 11.5 Å². The number of hydrogen-bond donors (Lipinski definition) is 1. The van der Waals surface area contributed by atoms with Crippen LogP contribution in [0.25, 0.3) is 11.3 Å². The zero-order chi connectivity index (χ0) is 13.8. The molecule has 0 saturated heterocycles. The van der Waals surface area contributed by atoms with E-state index in [4.69, 9.17) is 15.2 Å². The minimum absolute atomic E-state index is 0.642. The SMILES string of the molecule is COc1cc(-c2ccc(N)cn2)cc(OC)c1SC. The molecule has 5 heteroatoms. The largest absolute Gasteiger partial charge is 0.495 e. The number of thioether (sulfide) groups is 1. The number of nitrogens with zero attached hydrogens (tertiary/aromatic N) is 1. The summed E-state index contributed by atoms with van der Waals surface area (Å²) in [6.07, 6.45) is 3.62. The number of nitrogen functional groups attached to an aromatic ring is 1. The van der Waals surface area contributed by atoms with E-state index in [2.05, 4.69) is 4.98 Å². The fraction of sp³-hybridized carbons (Fsp3) is 0.214. The van der Waals surface area contributed by atoms with Crippen molar-refractivity contribution in [2.45, 2.75) is 4.90 Å². The van der Waals surface area contributed by atoms with E-state index >= 15 is 0 Å². The van der Waals surface area contributed by atoms with Gasteiger partial charge in [-0.1, -0.05) is 0 Å². The molecule has 4 nitrogen and oxygen atoms in total. The van der Waals surface area contributed by atoms with Crippen LogP contribution in [0.15, 0.2) is 35.4 Å². The molecule has 0 spiro atoms. The van der Waals surface area contributed by atoms with Crippen LogP contribution < -0.4 is 15.2 Å². The zero-order valence-electron chi connectivity index (χ0n) is 11.1. The van der Waals surface area contributed by atoms with Gasteiger partial charge in [0.05, 0.1) is 36.7 Å². The minimum atomic E-state index is 0.642. The van der Waals surface area contributed by atoms with Crippen LogP contribution in [0.1, 0.15) is 0 Å². The van der Waals surface area contributed by atoms with Crippen molar-refractivity contribution in [1.82, 2.24) is 4.98 Å². The number of nitrogens with two attached hydrogens (primary N) is 1. The molecule has 0 saturated carbocycles. The molecule has 0 bridgehead atoms.